The number of hydrogen-bond acceptors (Lipinski definition) is 7. The largest absolute Gasteiger partial charge is 0.481 e. The van der Waals surface area contributed by atoms with Gasteiger partial charge in [0.05, 0.1) is 29.3 Å². The van der Waals surface area contributed by atoms with Crippen molar-refractivity contribution < 1.29 is 46.5 Å². The minimum Gasteiger partial charge on any atom is -0.481 e. The van der Waals surface area contributed by atoms with Crippen LogP contribution < -0.4 is 10.6 Å². The van der Waals surface area contributed by atoms with Crippen molar-refractivity contribution in [1.82, 2.24) is 10.2 Å². The molecule has 2 atom stereocenters. The van der Waals surface area contributed by atoms with Crippen LogP contribution in [-0.2, 0) is 20.5 Å². The lowest BCUT2D eigenvalue weighted by Crippen LogP contribution is -2.53. The van der Waals surface area contributed by atoms with Crippen LogP contribution in [0.4, 0.5) is 39.0 Å². The Hall–Kier alpha value is -3.78. The van der Waals surface area contributed by atoms with Gasteiger partial charge in [-0.3, -0.25) is 9.59 Å². The summed E-state index contributed by atoms with van der Waals surface area (Å²) in [6, 6.07) is 3.07. The number of fused-ring (bicyclic) bond motifs is 2. The first kappa shape index (κ1) is 28.2. The Kier molecular flexibility index (Phi) is 8.07. The third-order valence-electron chi connectivity index (χ3n) is 6.56. The first-order valence-corrected chi connectivity index (χ1v) is 11.9. The van der Waals surface area contributed by atoms with Gasteiger partial charge in [-0.1, -0.05) is 0 Å². The number of benzene rings is 2. The first-order chi connectivity index (χ1) is 18.4. The van der Waals surface area contributed by atoms with Crippen LogP contribution in [0.15, 0.2) is 29.3 Å². The van der Waals surface area contributed by atoms with Crippen LogP contribution in [-0.4, -0.2) is 72.3 Å². The standard InChI is InChI=1S/C25H25F5N4O5/c1-39-7-4-12-11-34(6-5-31-12)23-22-17(32-18-9-15(26)16(27)10-19(18)33-23)3-2-14(25(28,29)30)21(22)13(24(37)38)8-20(35)36/h2-3,9-10,12-13,31-32H,4-8,11H2,1H3,(H,35,36)(H,37,38)/t12?,13-/m0/s1. The average Bonchev–Trinajstić information content (AvgIpc) is 3.02. The molecule has 0 saturated carbocycles. The maximum atomic E-state index is 14.3. The predicted octanol–water partition coefficient (Wildman–Crippen LogP) is 4.07. The lowest BCUT2D eigenvalue weighted by molar-refractivity contribution is -0.147. The number of anilines is 2. The molecule has 14 heteroatoms. The third kappa shape index (κ3) is 5.96. The van der Waals surface area contributed by atoms with Crippen LogP contribution in [0.2, 0.25) is 0 Å². The smallest absolute Gasteiger partial charge is 0.416 e. The van der Waals surface area contributed by atoms with Gasteiger partial charge in [-0.05, 0) is 24.1 Å². The van der Waals surface area contributed by atoms with Crippen molar-refractivity contribution in [2.24, 2.45) is 4.99 Å². The van der Waals surface area contributed by atoms with Crippen molar-refractivity contribution in [3.8, 4) is 0 Å². The van der Waals surface area contributed by atoms with Gasteiger partial charge in [-0.25, -0.2) is 13.8 Å². The average molecular weight is 556 g/mol. The highest BCUT2D eigenvalue weighted by Crippen LogP contribution is 2.45. The van der Waals surface area contributed by atoms with E-state index < -0.39 is 53.2 Å². The summed E-state index contributed by atoms with van der Waals surface area (Å²) in [5.74, 6) is -8.11. The summed E-state index contributed by atoms with van der Waals surface area (Å²) < 4.78 is 76.3. The second-order valence-electron chi connectivity index (χ2n) is 9.16. The maximum Gasteiger partial charge on any atom is 0.416 e. The second-order valence-corrected chi connectivity index (χ2v) is 9.16. The molecule has 0 amide bonds. The molecule has 1 saturated heterocycles. The number of piperazine rings is 1. The topological polar surface area (TPSA) is 123 Å². The lowest BCUT2D eigenvalue weighted by Gasteiger charge is -2.37. The summed E-state index contributed by atoms with van der Waals surface area (Å²) in [6.07, 6.45) is -5.66. The second kappa shape index (κ2) is 11.1. The highest BCUT2D eigenvalue weighted by molar-refractivity contribution is 6.10. The van der Waals surface area contributed by atoms with Gasteiger partial charge in [-0.15, -0.1) is 0 Å². The molecule has 2 aromatic carbocycles. The fraction of sp³-hybridized carbons (Fsp3) is 0.400. The van der Waals surface area contributed by atoms with Crippen molar-refractivity contribution in [1.29, 1.82) is 0 Å². The number of alkyl halides is 3. The van der Waals surface area contributed by atoms with E-state index in [9.17, 15) is 41.8 Å². The molecule has 2 aromatic rings. The first-order valence-electron chi connectivity index (χ1n) is 11.9. The van der Waals surface area contributed by atoms with Crippen LogP contribution in [0.3, 0.4) is 0 Å². The Labute approximate surface area is 219 Å². The van der Waals surface area contributed by atoms with Gasteiger partial charge in [0.1, 0.15) is 5.84 Å². The number of ether oxygens (including phenoxy) is 1. The SMILES string of the molecule is COCCC1CN(C2=Nc3cc(F)c(F)cc3Nc3ccc(C(F)(F)F)c([C@H](CC(=O)O)C(=O)O)c32)CCN1. The minimum absolute atomic E-state index is 0.0629. The molecule has 2 aliphatic heterocycles. The zero-order valence-electron chi connectivity index (χ0n) is 20.6. The van der Waals surface area contributed by atoms with E-state index in [2.05, 4.69) is 15.6 Å². The number of rotatable bonds is 7. The summed E-state index contributed by atoms with van der Waals surface area (Å²) in [5.41, 5.74) is -2.71. The number of nitrogens with zero attached hydrogens (tertiary/aromatic N) is 2. The Morgan fingerprint density at radius 2 is 1.90 bits per heavy atom. The maximum absolute atomic E-state index is 14.3. The molecular formula is C25H25F5N4O5. The normalized spacial score (nSPS) is 17.8. The molecular weight excluding hydrogens is 531 g/mol. The summed E-state index contributed by atoms with van der Waals surface area (Å²) in [4.78, 5) is 29.8. The molecule has 0 radical (unpaired) electrons. The van der Waals surface area contributed by atoms with Crippen molar-refractivity contribution in [2.45, 2.75) is 31.0 Å². The molecule has 0 aliphatic carbocycles. The van der Waals surface area contributed by atoms with Crippen LogP contribution >= 0.6 is 0 Å². The van der Waals surface area contributed by atoms with E-state index in [1.807, 2.05) is 0 Å². The lowest BCUT2D eigenvalue weighted by atomic mass is 9.85. The van der Waals surface area contributed by atoms with Crippen LogP contribution in [0.25, 0.3) is 0 Å². The quantitative estimate of drug-likeness (QED) is 0.377. The van der Waals surface area contributed by atoms with E-state index >= 15 is 0 Å². The number of hydrogen-bond donors (Lipinski definition) is 4. The highest BCUT2D eigenvalue weighted by Gasteiger charge is 2.42. The minimum atomic E-state index is -5.05. The molecule has 210 valence electrons. The van der Waals surface area contributed by atoms with Gasteiger partial charge in [0.2, 0.25) is 0 Å². The van der Waals surface area contributed by atoms with Gasteiger partial charge in [-0.2, -0.15) is 13.2 Å². The predicted molar refractivity (Wildman–Crippen MR) is 130 cm³/mol. The van der Waals surface area contributed by atoms with Crippen molar-refractivity contribution in [3.63, 3.8) is 0 Å². The summed E-state index contributed by atoms with van der Waals surface area (Å²) in [5, 5.41) is 25.3. The van der Waals surface area contributed by atoms with Crippen molar-refractivity contribution in [3.05, 3.63) is 52.6 Å². The molecule has 39 heavy (non-hydrogen) atoms. The zero-order chi connectivity index (χ0) is 28.5. The highest BCUT2D eigenvalue weighted by atomic mass is 19.4. The Balaban J connectivity index is 2.02. The molecule has 0 bridgehead atoms. The Morgan fingerprint density at radius 1 is 1.18 bits per heavy atom. The third-order valence-corrected chi connectivity index (χ3v) is 6.56. The van der Waals surface area contributed by atoms with Gasteiger partial charge >= 0.3 is 18.1 Å². The number of halogens is 5. The van der Waals surface area contributed by atoms with E-state index in [1.165, 1.54) is 7.11 Å². The Bertz CT molecular complexity index is 1320. The van der Waals surface area contributed by atoms with E-state index in [0.717, 1.165) is 18.2 Å². The van der Waals surface area contributed by atoms with Gasteiger partial charge in [0.15, 0.2) is 11.6 Å². The van der Waals surface area contributed by atoms with Crippen LogP contribution in [0.1, 0.15) is 35.4 Å². The van der Waals surface area contributed by atoms with E-state index in [0.29, 0.717) is 25.6 Å². The number of carboxylic acids is 2. The van der Waals surface area contributed by atoms with E-state index in [1.54, 1.807) is 4.90 Å². The fourth-order valence-corrected chi connectivity index (χ4v) is 4.81. The van der Waals surface area contributed by atoms with E-state index in [-0.39, 0.29) is 47.6 Å². The summed E-state index contributed by atoms with van der Waals surface area (Å²) >= 11 is 0. The molecule has 4 rings (SSSR count). The van der Waals surface area contributed by atoms with Crippen LogP contribution in [0, 0.1) is 11.6 Å². The van der Waals surface area contributed by atoms with Crippen molar-refractivity contribution in [2.75, 3.05) is 38.7 Å². The number of carboxylic acid groups (broad SMARTS) is 2. The summed E-state index contributed by atoms with van der Waals surface area (Å²) in [6.45, 7) is 1.21. The number of carbonyl (C=O) groups is 2. The number of aliphatic imine (C=N–C) groups is 1. The van der Waals surface area contributed by atoms with Gasteiger partial charge in [0.25, 0.3) is 0 Å². The summed E-state index contributed by atoms with van der Waals surface area (Å²) in [7, 11) is 1.52. The fourth-order valence-electron chi connectivity index (χ4n) is 4.81. The number of amidine groups is 1. The Morgan fingerprint density at radius 3 is 2.54 bits per heavy atom. The van der Waals surface area contributed by atoms with E-state index in [4.69, 9.17) is 4.74 Å². The van der Waals surface area contributed by atoms with Gasteiger partial charge < -0.3 is 30.5 Å². The van der Waals surface area contributed by atoms with Crippen molar-refractivity contribution >= 4 is 34.8 Å². The number of methoxy groups -OCH3 is 1. The monoisotopic (exact) mass is 556 g/mol. The van der Waals surface area contributed by atoms with Gasteiger partial charge in [0, 0.05) is 62.8 Å². The molecule has 0 spiro atoms. The number of nitrogens with one attached hydrogen (secondary N) is 2. The van der Waals surface area contributed by atoms with Crippen LogP contribution in [0.5, 0.6) is 0 Å². The molecule has 1 unspecified atom stereocenters. The zero-order valence-corrected chi connectivity index (χ0v) is 20.6. The number of aliphatic carboxylic acids is 2. The molecule has 9 nitrogen and oxygen atoms in total. The molecule has 2 aliphatic rings. The molecule has 1 fully saturated rings. The molecule has 0 aromatic heterocycles. The molecule has 2 heterocycles. The molecule has 4 N–H and O–H groups in total.